The Morgan fingerprint density at radius 2 is 2.07 bits per heavy atom. The Morgan fingerprint density at radius 3 is 2.83 bits per heavy atom. The number of H-pyrrole nitrogens is 1. The molecule has 0 saturated carbocycles. The summed E-state index contributed by atoms with van der Waals surface area (Å²) in [5, 5.41) is 11.1. The highest BCUT2D eigenvalue weighted by Gasteiger charge is 2.10. The third-order valence-corrected chi connectivity index (χ3v) is 4.58. The lowest BCUT2D eigenvalue weighted by molar-refractivity contribution is 0.284. The Labute approximate surface area is 176 Å². The number of aromatic amines is 1. The molecule has 0 unspecified atom stereocenters. The number of aryl methyl sites for hydroxylation is 1. The monoisotopic (exact) mass is 433 g/mol. The van der Waals surface area contributed by atoms with E-state index in [1.807, 2.05) is 18.2 Å². The molecular formula is C19H17Cl2N5O3. The van der Waals surface area contributed by atoms with Crippen LogP contribution in [0.25, 0.3) is 0 Å². The number of aromatic nitrogens is 3. The van der Waals surface area contributed by atoms with Gasteiger partial charge in [-0.3, -0.25) is 5.43 Å². The topological polar surface area (TPSA) is 101 Å². The number of hydrazone groups is 1. The Kier molecular flexibility index (Phi) is 6.69. The molecule has 1 aromatic heterocycles. The number of anilines is 1. The van der Waals surface area contributed by atoms with Crippen molar-refractivity contribution in [3.8, 4) is 11.5 Å². The predicted molar refractivity (Wildman–Crippen MR) is 112 cm³/mol. The summed E-state index contributed by atoms with van der Waals surface area (Å²) in [6, 6.07) is 10.7. The molecule has 0 radical (unpaired) electrons. The zero-order valence-electron chi connectivity index (χ0n) is 15.6. The van der Waals surface area contributed by atoms with E-state index in [4.69, 9.17) is 32.7 Å². The number of ether oxygens (including phenoxy) is 2. The first-order valence-corrected chi connectivity index (χ1v) is 9.19. The van der Waals surface area contributed by atoms with Crippen molar-refractivity contribution in [2.45, 2.75) is 13.5 Å². The van der Waals surface area contributed by atoms with E-state index in [0.29, 0.717) is 32.8 Å². The molecule has 0 bridgehead atoms. The minimum absolute atomic E-state index is 0.254. The minimum Gasteiger partial charge on any atom is -0.493 e. The average Bonchev–Trinajstić information content (AvgIpc) is 2.71. The lowest BCUT2D eigenvalue weighted by atomic mass is 10.2. The van der Waals surface area contributed by atoms with Gasteiger partial charge in [-0.2, -0.15) is 15.2 Å². The van der Waals surface area contributed by atoms with Crippen molar-refractivity contribution in [3.05, 3.63) is 73.7 Å². The molecule has 0 atom stereocenters. The molecule has 1 heterocycles. The third-order valence-electron chi connectivity index (χ3n) is 3.85. The molecule has 10 heteroatoms. The van der Waals surface area contributed by atoms with E-state index in [0.717, 1.165) is 5.56 Å². The summed E-state index contributed by atoms with van der Waals surface area (Å²) in [6.45, 7) is 1.95. The number of nitrogens with one attached hydrogen (secondary N) is 2. The van der Waals surface area contributed by atoms with Gasteiger partial charge >= 0.3 is 5.69 Å². The van der Waals surface area contributed by atoms with Gasteiger partial charge in [0.2, 0.25) is 0 Å². The molecule has 0 aliphatic rings. The summed E-state index contributed by atoms with van der Waals surface area (Å²) in [5.74, 6) is 1.30. The van der Waals surface area contributed by atoms with Crippen molar-refractivity contribution >= 4 is 35.2 Å². The van der Waals surface area contributed by atoms with E-state index in [2.05, 4.69) is 25.7 Å². The quantitative estimate of drug-likeness (QED) is 0.433. The van der Waals surface area contributed by atoms with Crippen LogP contribution in [0.1, 0.15) is 16.8 Å². The number of hydrogen-bond donors (Lipinski definition) is 2. The van der Waals surface area contributed by atoms with Gasteiger partial charge in [0.25, 0.3) is 0 Å². The van der Waals surface area contributed by atoms with Crippen LogP contribution in [-0.2, 0) is 6.61 Å². The molecule has 0 amide bonds. The number of hydrogen-bond acceptors (Lipinski definition) is 7. The standard InChI is InChI=1S/C19H17Cl2N5O3/c1-11-18(23-19(27)26-24-11)25-22-9-13-4-3-5-16(28-2)17(13)29-10-12-6-7-14(20)15(21)8-12/h3-9H,10H2,1-2H3,(H2,23,25,26,27)/b22-9+. The summed E-state index contributed by atoms with van der Waals surface area (Å²) >= 11 is 12.0. The van der Waals surface area contributed by atoms with Crippen LogP contribution in [0.3, 0.4) is 0 Å². The highest BCUT2D eigenvalue weighted by molar-refractivity contribution is 6.42. The maximum Gasteiger partial charge on any atom is 0.363 e. The molecule has 3 rings (SSSR count). The first-order valence-electron chi connectivity index (χ1n) is 8.44. The summed E-state index contributed by atoms with van der Waals surface area (Å²) in [7, 11) is 1.55. The molecule has 0 aliphatic carbocycles. The largest absolute Gasteiger partial charge is 0.493 e. The highest BCUT2D eigenvalue weighted by atomic mass is 35.5. The van der Waals surface area contributed by atoms with Gasteiger partial charge in [-0.25, -0.2) is 9.89 Å². The zero-order valence-corrected chi connectivity index (χ0v) is 17.1. The van der Waals surface area contributed by atoms with E-state index in [-0.39, 0.29) is 12.4 Å². The predicted octanol–water partition coefficient (Wildman–Crippen LogP) is 3.81. The van der Waals surface area contributed by atoms with Crippen LogP contribution >= 0.6 is 23.2 Å². The molecule has 29 heavy (non-hydrogen) atoms. The van der Waals surface area contributed by atoms with E-state index >= 15 is 0 Å². The number of benzene rings is 2. The Hall–Kier alpha value is -3.10. The van der Waals surface area contributed by atoms with Crippen molar-refractivity contribution in [1.82, 2.24) is 15.2 Å². The third kappa shape index (κ3) is 5.24. The molecule has 0 saturated heterocycles. The second-order valence-electron chi connectivity index (χ2n) is 5.86. The van der Waals surface area contributed by atoms with Crippen molar-refractivity contribution in [1.29, 1.82) is 0 Å². The van der Waals surface area contributed by atoms with Gasteiger partial charge in [-0.05, 0) is 36.8 Å². The van der Waals surface area contributed by atoms with Gasteiger partial charge < -0.3 is 9.47 Å². The lowest BCUT2D eigenvalue weighted by Gasteiger charge is -2.13. The smallest absolute Gasteiger partial charge is 0.363 e. The van der Waals surface area contributed by atoms with E-state index < -0.39 is 5.69 Å². The van der Waals surface area contributed by atoms with Crippen LogP contribution in [0.15, 0.2) is 46.3 Å². The summed E-state index contributed by atoms with van der Waals surface area (Å²) in [5.41, 5.74) is 4.14. The van der Waals surface area contributed by atoms with Crippen molar-refractivity contribution < 1.29 is 9.47 Å². The molecule has 2 N–H and O–H groups in total. The van der Waals surface area contributed by atoms with Crippen LogP contribution in [0.4, 0.5) is 5.82 Å². The minimum atomic E-state index is -0.569. The van der Waals surface area contributed by atoms with Gasteiger partial charge in [0.15, 0.2) is 17.3 Å². The highest BCUT2D eigenvalue weighted by Crippen LogP contribution is 2.31. The van der Waals surface area contributed by atoms with Crippen LogP contribution in [-0.4, -0.2) is 28.5 Å². The molecule has 150 valence electrons. The van der Waals surface area contributed by atoms with Gasteiger partial charge in [-0.1, -0.05) is 35.3 Å². The fraction of sp³-hybridized carbons (Fsp3) is 0.158. The Bertz CT molecular complexity index is 1100. The fourth-order valence-corrected chi connectivity index (χ4v) is 2.72. The maximum atomic E-state index is 11.3. The van der Waals surface area contributed by atoms with Crippen LogP contribution in [0.2, 0.25) is 10.0 Å². The van der Waals surface area contributed by atoms with Crippen molar-refractivity contribution in [2.24, 2.45) is 5.10 Å². The van der Waals surface area contributed by atoms with Crippen LogP contribution in [0, 0.1) is 6.92 Å². The Morgan fingerprint density at radius 1 is 1.24 bits per heavy atom. The van der Waals surface area contributed by atoms with Crippen molar-refractivity contribution in [3.63, 3.8) is 0 Å². The number of nitrogens with zero attached hydrogens (tertiary/aromatic N) is 3. The molecule has 0 fully saturated rings. The first kappa shape index (κ1) is 20.6. The average molecular weight is 434 g/mol. The summed E-state index contributed by atoms with van der Waals surface area (Å²) < 4.78 is 11.4. The van der Waals surface area contributed by atoms with E-state index in [9.17, 15) is 4.79 Å². The molecule has 8 nitrogen and oxygen atoms in total. The maximum absolute atomic E-state index is 11.3. The molecular weight excluding hydrogens is 417 g/mol. The zero-order chi connectivity index (χ0) is 20.8. The van der Waals surface area contributed by atoms with Gasteiger partial charge in [0.05, 0.1) is 23.4 Å². The van der Waals surface area contributed by atoms with Gasteiger partial charge in [0, 0.05) is 5.56 Å². The van der Waals surface area contributed by atoms with Gasteiger partial charge in [0.1, 0.15) is 12.3 Å². The Balaban J connectivity index is 1.80. The number of rotatable bonds is 7. The molecule has 2 aromatic carbocycles. The first-order chi connectivity index (χ1) is 14.0. The fourth-order valence-electron chi connectivity index (χ4n) is 2.40. The molecule has 3 aromatic rings. The summed E-state index contributed by atoms with van der Waals surface area (Å²) in [6.07, 6.45) is 1.54. The normalized spacial score (nSPS) is 10.9. The van der Waals surface area contributed by atoms with E-state index in [1.54, 1.807) is 32.2 Å². The van der Waals surface area contributed by atoms with Crippen molar-refractivity contribution in [2.75, 3.05) is 12.5 Å². The molecule has 0 aliphatic heterocycles. The second kappa shape index (κ2) is 9.40. The van der Waals surface area contributed by atoms with Gasteiger partial charge in [-0.15, -0.1) is 0 Å². The number of methoxy groups -OCH3 is 1. The number of halogens is 2. The number of para-hydroxylation sites is 1. The SMILES string of the molecule is COc1cccc(/C=N/Nc2nc(=O)[nH]nc2C)c1OCc1ccc(Cl)c(Cl)c1. The lowest BCUT2D eigenvalue weighted by Crippen LogP contribution is -2.15. The van der Waals surface area contributed by atoms with Crippen LogP contribution < -0.4 is 20.6 Å². The second-order valence-corrected chi connectivity index (χ2v) is 6.67. The molecule has 0 spiro atoms. The van der Waals surface area contributed by atoms with E-state index in [1.165, 1.54) is 6.21 Å². The summed E-state index contributed by atoms with van der Waals surface area (Å²) in [4.78, 5) is 15.1. The van der Waals surface area contributed by atoms with Crippen LogP contribution in [0.5, 0.6) is 11.5 Å².